The number of hydrogen-bond acceptors (Lipinski definition) is 5. The van der Waals surface area contributed by atoms with E-state index in [0.717, 1.165) is 16.4 Å². The average Bonchev–Trinajstić information content (AvgIpc) is 3.39. The molecule has 0 radical (unpaired) electrons. The molecule has 0 saturated carbocycles. The van der Waals surface area contributed by atoms with Crippen molar-refractivity contribution >= 4 is 44.4 Å². The predicted molar refractivity (Wildman–Crippen MR) is 128 cm³/mol. The van der Waals surface area contributed by atoms with Crippen LogP contribution in [0.1, 0.15) is 26.5 Å². The fourth-order valence-corrected chi connectivity index (χ4v) is 4.03. The first-order valence-corrected chi connectivity index (χ1v) is 10.6. The normalized spacial score (nSPS) is 11.6. The largest absolute Gasteiger partial charge is 0.508 e. The lowest BCUT2D eigenvalue weighted by Gasteiger charge is -2.11. The molecule has 8 nitrogen and oxygen atoms in total. The summed E-state index contributed by atoms with van der Waals surface area (Å²) in [5.74, 6) is -0.556. The number of pyridine rings is 1. The number of para-hydroxylation sites is 1. The molecule has 166 valence electrons. The van der Waals surface area contributed by atoms with E-state index in [0.29, 0.717) is 34.9 Å². The Bertz CT molecular complexity index is 1530. The van der Waals surface area contributed by atoms with Crippen LogP contribution in [0.2, 0.25) is 0 Å². The molecule has 0 saturated heterocycles. The number of likely N-dealkylation sites (N-methyl/N-ethyl adjacent to an activating group) is 1. The van der Waals surface area contributed by atoms with Crippen LogP contribution in [0, 0.1) is 0 Å². The lowest BCUT2D eigenvalue weighted by molar-refractivity contribution is 0.0946. The van der Waals surface area contributed by atoms with Crippen molar-refractivity contribution in [2.45, 2.75) is 0 Å². The van der Waals surface area contributed by atoms with Gasteiger partial charge in [0.05, 0.1) is 5.52 Å². The van der Waals surface area contributed by atoms with Gasteiger partial charge in [-0.2, -0.15) is 0 Å². The number of carbonyl (C=O) groups excluding carboxylic acids is 2. The van der Waals surface area contributed by atoms with E-state index >= 15 is 0 Å². The summed E-state index contributed by atoms with van der Waals surface area (Å²) in [4.78, 5) is 39.4. The number of rotatable bonds is 6. The van der Waals surface area contributed by atoms with E-state index in [1.165, 1.54) is 0 Å². The molecule has 0 aliphatic carbocycles. The number of nitrogens with zero attached hydrogens (tertiary/aromatic N) is 2. The molecular formula is C25H23N5O3. The van der Waals surface area contributed by atoms with Gasteiger partial charge in [-0.15, -0.1) is 0 Å². The van der Waals surface area contributed by atoms with Crippen molar-refractivity contribution in [2.24, 2.45) is 0 Å². The quantitative estimate of drug-likeness (QED) is 0.302. The van der Waals surface area contributed by atoms with E-state index in [1.807, 2.05) is 43.3 Å². The predicted octanol–water partition coefficient (Wildman–Crippen LogP) is 3.43. The zero-order valence-electron chi connectivity index (χ0n) is 18.3. The number of H-pyrrole nitrogens is 2. The second-order valence-electron chi connectivity index (χ2n) is 8.27. The monoisotopic (exact) mass is 441 g/mol. The van der Waals surface area contributed by atoms with Crippen LogP contribution in [0.15, 0.2) is 54.7 Å². The third-order valence-corrected chi connectivity index (χ3v) is 5.70. The Morgan fingerprint density at radius 3 is 2.67 bits per heavy atom. The molecule has 0 aliphatic heterocycles. The van der Waals surface area contributed by atoms with Gasteiger partial charge in [0.1, 0.15) is 17.1 Å². The van der Waals surface area contributed by atoms with Gasteiger partial charge < -0.3 is 25.3 Å². The van der Waals surface area contributed by atoms with Crippen molar-refractivity contribution in [2.75, 3.05) is 27.2 Å². The minimum Gasteiger partial charge on any atom is -0.508 e. The summed E-state index contributed by atoms with van der Waals surface area (Å²) in [5.41, 5.74) is 2.89. The Morgan fingerprint density at radius 2 is 1.85 bits per heavy atom. The molecule has 0 bridgehead atoms. The molecule has 0 aliphatic rings. The van der Waals surface area contributed by atoms with Crippen molar-refractivity contribution in [3.63, 3.8) is 0 Å². The van der Waals surface area contributed by atoms with Crippen molar-refractivity contribution in [3.05, 3.63) is 71.7 Å². The van der Waals surface area contributed by atoms with Crippen LogP contribution in [0.5, 0.6) is 5.75 Å². The highest BCUT2D eigenvalue weighted by Crippen LogP contribution is 2.32. The maximum Gasteiger partial charge on any atom is 0.269 e. The number of carbonyl (C=O) groups is 2. The molecule has 8 heteroatoms. The van der Waals surface area contributed by atoms with Crippen molar-refractivity contribution in [1.82, 2.24) is 25.2 Å². The van der Waals surface area contributed by atoms with Gasteiger partial charge in [-0.05, 0) is 44.4 Å². The summed E-state index contributed by atoms with van der Waals surface area (Å²) in [5, 5.41) is 15.0. The Morgan fingerprint density at radius 1 is 1.03 bits per heavy atom. The second-order valence-corrected chi connectivity index (χ2v) is 8.27. The van der Waals surface area contributed by atoms with Gasteiger partial charge in [-0.3, -0.25) is 9.59 Å². The third kappa shape index (κ3) is 3.70. The van der Waals surface area contributed by atoms with Crippen LogP contribution in [0.25, 0.3) is 32.7 Å². The summed E-state index contributed by atoms with van der Waals surface area (Å²) < 4.78 is 0. The number of amides is 1. The number of hydrogen-bond donors (Lipinski definition) is 4. The van der Waals surface area contributed by atoms with E-state index in [9.17, 15) is 14.7 Å². The Balaban J connectivity index is 1.68. The van der Waals surface area contributed by atoms with E-state index in [2.05, 4.69) is 20.3 Å². The fraction of sp³-hybridized carbons (Fsp3) is 0.160. The standard InChI is InChI=1S/C25H23N5O3/c1-30(2)10-9-26-25(33)21-12-17-16-11-14(31)7-8-20(16)28-22(17)23(29-21)24(32)18-13-27-19-6-4-3-5-15(18)19/h3-8,11-13,27-28,31H,9-10H2,1-2H3,(H,26,33). The van der Waals surface area contributed by atoms with Gasteiger partial charge >= 0.3 is 0 Å². The summed E-state index contributed by atoms with van der Waals surface area (Å²) >= 11 is 0. The molecule has 3 heterocycles. The minimum atomic E-state index is -0.360. The summed E-state index contributed by atoms with van der Waals surface area (Å²) in [6.07, 6.45) is 1.67. The molecule has 4 N–H and O–H groups in total. The van der Waals surface area contributed by atoms with Crippen LogP contribution >= 0.6 is 0 Å². The fourth-order valence-electron chi connectivity index (χ4n) is 4.03. The molecule has 0 spiro atoms. The van der Waals surface area contributed by atoms with Crippen LogP contribution < -0.4 is 5.32 Å². The van der Waals surface area contributed by atoms with Gasteiger partial charge in [0.15, 0.2) is 0 Å². The van der Waals surface area contributed by atoms with Crippen LogP contribution in [0.4, 0.5) is 0 Å². The lowest BCUT2D eigenvalue weighted by atomic mass is 10.0. The van der Waals surface area contributed by atoms with E-state index < -0.39 is 0 Å². The zero-order valence-corrected chi connectivity index (χ0v) is 18.3. The highest BCUT2D eigenvalue weighted by atomic mass is 16.3. The third-order valence-electron chi connectivity index (χ3n) is 5.70. The number of phenols is 1. The number of phenolic OH excluding ortho intramolecular Hbond substituents is 1. The average molecular weight is 441 g/mol. The van der Waals surface area contributed by atoms with Gasteiger partial charge in [0.25, 0.3) is 5.91 Å². The van der Waals surface area contributed by atoms with E-state index in [4.69, 9.17) is 0 Å². The summed E-state index contributed by atoms with van der Waals surface area (Å²) in [7, 11) is 3.85. The Kier molecular flexibility index (Phi) is 5.07. The van der Waals surface area contributed by atoms with Gasteiger partial charge in [0.2, 0.25) is 5.78 Å². The number of ketones is 1. The molecule has 0 atom stereocenters. The molecular weight excluding hydrogens is 418 g/mol. The molecule has 5 rings (SSSR count). The molecule has 3 aromatic heterocycles. The summed E-state index contributed by atoms with van der Waals surface area (Å²) in [6.45, 7) is 1.13. The molecule has 0 fully saturated rings. The van der Waals surface area contributed by atoms with E-state index in [1.54, 1.807) is 30.5 Å². The van der Waals surface area contributed by atoms with Crippen LogP contribution in [-0.2, 0) is 0 Å². The van der Waals surface area contributed by atoms with Gasteiger partial charge in [0, 0.05) is 52.0 Å². The smallest absolute Gasteiger partial charge is 0.269 e. The second kappa shape index (κ2) is 8.07. The molecule has 1 amide bonds. The number of aromatic amines is 2. The van der Waals surface area contributed by atoms with E-state index in [-0.39, 0.29) is 28.8 Å². The molecule has 0 unspecified atom stereocenters. The topological polar surface area (TPSA) is 114 Å². The SMILES string of the molecule is CN(C)CCNC(=O)c1cc2c([nH]c3ccc(O)cc32)c(C(=O)c2c[nH]c3ccccc23)n1. The Hall–Kier alpha value is -4.17. The Labute approximate surface area is 189 Å². The number of aromatic hydroxyl groups is 1. The highest BCUT2D eigenvalue weighted by Gasteiger charge is 2.23. The lowest BCUT2D eigenvalue weighted by Crippen LogP contribution is -2.32. The number of fused-ring (bicyclic) bond motifs is 4. The van der Waals surface area contributed by atoms with Crippen LogP contribution in [0.3, 0.4) is 0 Å². The molecule has 2 aromatic carbocycles. The van der Waals surface area contributed by atoms with Crippen molar-refractivity contribution in [3.8, 4) is 5.75 Å². The molecule has 5 aromatic rings. The first kappa shape index (κ1) is 20.7. The number of nitrogens with one attached hydrogen (secondary N) is 3. The summed E-state index contributed by atoms with van der Waals surface area (Å²) in [6, 6.07) is 14.1. The molecule has 33 heavy (non-hydrogen) atoms. The minimum absolute atomic E-state index is 0.0988. The van der Waals surface area contributed by atoms with Crippen molar-refractivity contribution < 1.29 is 14.7 Å². The van der Waals surface area contributed by atoms with Gasteiger partial charge in [-0.25, -0.2) is 4.98 Å². The highest BCUT2D eigenvalue weighted by molar-refractivity contribution is 6.23. The van der Waals surface area contributed by atoms with Crippen LogP contribution in [-0.4, -0.2) is 63.8 Å². The first-order chi connectivity index (χ1) is 15.9. The van der Waals surface area contributed by atoms with Crippen molar-refractivity contribution in [1.29, 1.82) is 0 Å². The maximum atomic E-state index is 13.7. The zero-order chi connectivity index (χ0) is 23.1. The number of aromatic nitrogens is 3. The first-order valence-electron chi connectivity index (χ1n) is 10.6. The maximum absolute atomic E-state index is 13.7. The van der Waals surface area contributed by atoms with Gasteiger partial charge in [-0.1, -0.05) is 18.2 Å². The number of benzene rings is 2.